The van der Waals surface area contributed by atoms with E-state index in [-0.39, 0.29) is 12.1 Å². The summed E-state index contributed by atoms with van der Waals surface area (Å²) in [6, 6.07) is 9.47. The number of alkyl halides is 3. The van der Waals surface area contributed by atoms with Gasteiger partial charge in [0.05, 0.1) is 5.56 Å². The summed E-state index contributed by atoms with van der Waals surface area (Å²) >= 11 is 0. The molecule has 2 aromatic carbocycles. The Hall–Kier alpha value is -2.63. The molecule has 0 atom stereocenters. The average Bonchev–Trinajstić information content (AvgIpc) is 2.89. The van der Waals surface area contributed by atoms with E-state index in [4.69, 9.17) is 5.41 Å². The number of nitrogens with zero attached hydrogens (tertiary/aromatic N) is 1. The third kappa shape index (κ3) is 2.84. The summed E-state index contributed by atoms with van der Waals surface area (Å²) in [7, 11) is 0. The number of hydrogen-bond acceptors (Lipinski definition) is 1. The zero-order valence-corrected chi connectivity index (χ0v) is 11.9. The molecular formula is C17H12F4N2. The molecule has 0 unspecified atom stereocenters. The Labute approximate surface area is 129 Å². The van der Waals surface area contributed by atoms with E-state index in [1.807, 2.05) is 0 Å². The highest BCUT2D eigenvalue weighted by atomic mass is 19.4. The number of hydrogen-bond donors (Lipinski definition) is 1. The molecular weight excluding hydrogens is 308 g/mol. The molecule has 0 bridgehead atoms. The van der Waals surface area contributed by atoms with Crippen molar-refractivity contribution in [2.45, 2.75) is 12.7 Å². The Bertz CT molecular complexity index is 878. The highest BCUT2D eigenvalue weighted by molar-refractivity contribution is 5.97. The summed E-state index contributed by atoms with van der Waals surface area (Å²) in [4.78, 5) is 0. The van der Waals surface area contributed by atoms with Gasteiger partial charge in [0.2, 0.25) is 0 Å². The lowest BCUT2D eigenvalue weighted by Crippen LogP contribution is -2.12. The summed E-state index contributed by atoms with van der Waals surface area (Å²) < 4.78 is 54.2. The molecule has 1 aromatic heterocycles. The zero-order chi connectivity index (χ0) is 16.6. The van der Waals surface area contributed by atoms with Crippen molar-refractivity contribution >= 4 is 17.1 Å². The predicted octanol–water partition coefficient (Wildman–Crippen LogP) is 4.85. The summed E-state index contributed by atoms with van der Waals surface area (Å²) in [6.07, 6.45) is -1.70. The molecule has 0 aliphatic heterocycles. The molecule has 23 heavy (non-hydrogen) atoms. The topological polar surface area (TPSA) is 28.8 Å². The summed E-state index contributed by atoms with van der Waals surface area (Å²) in [6.45, 7) is -0.0996. The van der Waals surface area contributed by atoms with Gasteiger partial charge in [-0.15, -0.1) is 0 Å². The molecule has 2 nitrogen and oxygen atoms in total. The van der Waals surface area contributed by atoms with Crippen LogP contribution >= 0.6 is 0 Å². The molecule has 3 rings (SSSR count). The highest BCUT2D eigenvalue weighted by Gasteiger charge is 2.33. The minimum Gasteiger partial charge on any atom is -0.343 e. The van der Waals surface area contributed by atoms with E-state index in [2.05, 4.69) is 0 Å². The second-order valence-corrected chi connectivity index (χ2v) is 5.17. The average molecular weight is 320 g/mol. The Morgan fingerprint density at radius 2 is 1.87 bits per heavy atom. The SMILES string of the molecule is N=Cc1cccc2c1ccn2Cc1cc(F)ccc1C(F)(F)F. The Balaban J connectivity index is 2.10. The van der Waals surface area contributed by atoms with Gasteiger partial charge in [-0.05, 0) is 35.9 Å². The van der Waals surface area contributed by atoms with E-state index in [0.29, 0.717) is 11.1 Å². The van der Waals surface area contributed by atoms with Crippen LogP contribution in [0.15, 0.2) is 48.7 Å². The zero-order valence-electron chi connectivity index (χ0n) is 11.9. The standard InChI is InChI=1S/C17H12F4N2/c18-13-4-5-15(17(19,20)21)12(8-13)10-23-7-6-14-11(9-22)2-1-3-16(14)23/h1-9,22H,10H2. The van der Waals surface area contributed by atoms with Gasteiger partial charge in [-0.1, -0.05) is 12.1 Å². The minimum atomic E-state index is -4.54. The van der Waals surface area contributed by atoms with Crippen LogP contribution in [0.5, 0.6) is 0 Å². The lowest BCUT2D eigenvalue weighted by molar-refractivity contribution is -0.138. The first-order valence-corrected chi connectivity index (χ1v) is 6.84. The van der Waals surface area contributed by atoms with Gasteiger partial charge in [0.25, 0.3) is 0 Å². The van der Waals surface area contributed by atoms with Crippen LogP contribution in [0.25, 0.3) is 10.9 Å². The molecule has 0 saturated heterocycles. The van der Waals surface area contributed by atoms with Gasteiger partial charge in [0, 0.05) is 35.4 Å². The van der Waals surface area contributed by atoms with Gasteiger partial charge in [-0.3, -0.25) is 0 Å². The maximum Gasteiger partial charge on any atom is 0.416 e. The van der Waals surface area contributed by atoms with Crippen LogP contribution in [0.2, 0.25) is 0 Å². The summed E-state index contributed by atoms with van der Waals surface area (Å²) in [5.74, 6) is -0.704. The van der Waals surface area contributed by atoms with Gasteiger partial charge in [0.15, 0.2) is 0 Å². The minimum absolute atomic E-state index is 0.0996. The fraction of sp³-hybridized carbons (Fsp3) is 0.118. The largest absolute Gasteiger partial charge is 0.416 e. The number of rotatable bonds is 3. The van der Waals surface area contributed by atoms with Crippen molar-refractivity contribution in [3.8, 4) is 0 Å². The molecule has 0 amide bonds. The summed E-state index contributed by atoms with van der Waals surface area (Å²) in [5.41, 5.74) is 0.402. The number of aromatic nitrogens is 1. The molecule has 1 N–H and O–H groups in total. The van der Waals surface area contributed by atoms with Gasteiger partial charge in [-0.25, -0.2) is 4.39 Å². The van der Waals surface area contributed by atoms with Crippen molar-refractivity contribution in [1.82, 2.24) is 4.57 Å². The first kappa shape index (κ1) is 15.3. The second kappa shape index (κ2) is 5.53. The molecule has 0 fully saturated rings. The monoisotopic (exact) mass is 320 g/mol. The van der Waals surface area contributed by atoms with Crippen LogP contribution in [-0.2, 0) is 12.7 Å². The molecule has 0 aliphatic rings. The van der Waals surface area contributed by atoms with E-state index in [9.17, 15) is 17.6 Å². The van der Waals surface area contributed by atoms with Crippen LogP contribution < -0.4 is 0 Å². The third-order valence-corrected chi connectivity index (χ3v) is 3.72. The van der Waals surface area contributed by atoms with E-state index in [0.717, 1.165) is 23.6 Å². The van der Waals surface area contributed by atoms with Gasteiger partial charge in [0.1, 0.15) is 5.82 Å². The van der Waals surface area contributed by atoms with E-state index < -0.39 is 17.6 Å². The van der Waals surface area contributed by atoms with Crippen molar-refractivity contribution in [3.63, 3.8) is 0 Å². The normalized spacial score (nSPS) is 11.8. The van der Waals surface area contributed by atoms with Crippen LogP contribution in [0.3, 0.4) is 0 Å². The van der Waals surface area contributed by atoms with Gasteiger partial charge in [-0.2, -0.15) is 13.2 Å². The molecule has 118 valence electrons. The lowest BCUT2D eigenvalue weighted by atomic mass is 10.1. The van der Waals surface area contributed by atoms with Crippen molar-refractivity contribution in [2.24, 2.45) is 0 Å². The predicted molar refractivity (Wildman–Crippen MR) is 80.3 cm³/mol. The number of fused-ring (bicyclic) bond motifs is 1. The van der Waals surface area contributed by atoms with Crippen molar-refractivity contribution in [3.05, 3.63) is 71.2 Å². The highest BCUT2D eigenvalue weighted by Crippen LogP contribution is 2.33. The molecule has 0 spiro atoms. The van der Waals surface area contributed by atoms with Crippen LogP contribution in [0.1, 0.15) is 16.7 Å². The Morgan fingerprint density at radius 3 is 2.57 bits per heavy atom. The fourth-order valence-corrected chi connectivity index (χ4v) is 2.66. The Morgan fingerprint density at radius 1 is 1.09 bits per heavy atom. The second-order valence-electron chi connectivity index (χ2n) is 5.17. The van der Waals surface area contributed by atoms with Crippen molar-refractivity contribution < 1.29 is 17.6 Å². The molecule has 6 heteroatoms. The van der Waals surface area contributed by atoms with E-state index in [1.165, 1.54) is 6.21 Å². The molecule has 0 saturated carbocycles. The maximum atomic E-state index is 13.4. The molecule has 0 radical (unpaired) electrons. The smallest absolute Gasteiger partial charge is 0.343 e. The maximum absolute atomic E-state index is 13.4. The first-order chi connectivity index (χ1) is 10.9. The van der Waals surface area contributed by atoms with Crippen LogP contribution in [-0.4, -0.2) is 10.8 Å². The van der Waals surface area contributed by atoms with Gasteiger partial charge < -0.3 is 9.98 Å². The summed E-state index contributed by atoms with van der Waals surface area (Å²) in [5, 5.41) is 8.14. The Kier molecular flexibility index (Phi) is 3.67. The van der Waals surface area contributed by atoms with E-state index >= 15 is 0 Å². The van der Waals surface area contributed by atoms with Gasteiger partial charge >= 0.3 is 6.18 Å². The molecule has 3 aromatic rings. The van der Waals surface area contributed by atoms with Crippen LogP contribution in [0.4, 0.5) is 17.6 Å². The number of halogens is 4. The van der Waals surface area contributed by atoms with Crippen molar-refractivity contribution in [1.29, 1.82) is 5.41 Å². The number of benzene rings is 2. The van der Waals surface area contributed by atoms with Crippen molar-refractivity contribution in [2.75, 3.05) is 0 Å². The van der Waals surface area contributed by atoms with E-state index in [1.54, 1.807) is 35.0 Å². The quantitative estimate of drug-likeness (QED) is 0.528. The number of nitrogens with one attached hydrogen (secondary N) is 1. The molecule has 0 aliphatic carbocycles. The molecule has 1 heterocycles. The van der Waals surface area contributed by atoms with Crippen LogP contribution in [0, 0.1) is 11.2 Å². The fourth-order valence-electron chi connectivity index (χ4n) is 2.66. The first-order valence-electron chi connectivity index (χ1n) is 6.84. The lowest BCUT2D eigenvalue weighted by Gasteiger charge is -2.14. The third-order valence-electron chi connectivity index (χ3n) is 3.72.